The first-order chi connectivity index (χ1) is 8.62. The van der Waals surface area contributed by atoms with Crippen LogP contribution in [0, 0.1) is 6.92 Å². The van der Waals surface area contributed by atoms with E-state index in [1.54, 1.807) is 0 Å². The molecule has 0 aliphatic carbocycles. The largest absolute Gasteiger partial charge is 0.394 e. The van der Waals surface area contributed by atoms with E-state index in [9.17, 15) is 5.11 Å². The van der Waals surface area contributed by atoms with Gasteiger partial charge >= 0.3 is 0 Å². The minimum absolute atomic E-state index is 0.0472. The second-order valence-corrected chi connectivity index (χ2v) is 4.77. The van der Waals surface area contributed by atoms with Crippen molar-refractivity contribution in [2.75, 3.05) is 24.6 Å². The molecular weight excluding hydrogens is 230 g/mol. The van der Waals surface area contributed by atoms with Crippen molar-refractivity contribution in [2.45, 2.75) is 39.4 Å². The number of hydrogen-bond acceptors (Lipinski definition) is 5. The lowest BCUT2D eigenvalue weighted by Gasteiger charge is -2.36. The molecule has 0 saturated carbocycles. The molecule has 100 valence electrons. The van der Waals surface area contributed by atoms with Gasteiger partial charge in [-0.1, -0.05) is 6.92 Å². The highest BCUT2D eigenvalue weighted by molar-refractivity contribution is 5.40. The van der Waals surface area contributed by atoms with E-state index < -0.39 is 0 Å². The lowest BCUT2D eigenvalue weighted by atomic mass is 10.2. The van der Waals surface area contributed by atoms with Crippen molar-refractivity contribution in [1.29, 1.82) is 0 Å². The van der Waals surface area contributed by atoms with Crippen LogP contribution in [0.2, 0.25) is 0 Å². The topological polar surface area (TPSA) is 58.5 Å². The summed E-state index contributed by atoms with van der Waals surface area (Å²) in [6, 6.07) is 2.03. The molecule has 18 heavy (non-hydrogen) atoms. The maximum Gasteiger partial charge on any atom is 0.132 e. The monoisotopic (exact) mass is 251 g/mol. The molecule has 0 radical (unpaired) electrons. The highest BCUT2D eigenvalue weighted by Crippen LogP contribution is 2.19. The van der Waals surface area contributed by atoms with E-state index in [0.29, 0.717) is 6.54 Å². The van der Waals surface area contributed by atoms with Crippen molar-refractivity contribution in [3.05, 3.63) is 17.6 Å². The normalized spacial score (nSPS) is 24.3. The van der Waals surface area contributed by atoms with Gasteiger partial charge in [0.1, 0.15) is 11.6 Å². The van der Waals surface area contributed by atoms with Crippen molar-refractivity contribution in [2.24, 2.45) is 0 Å². The van der Waals surface area contributed by atoms with Crippen molar-refractivity contribution in [3.8, 4) is 0 Å². The Morgan fingerprint density at radius 3 is 2.89 bits per heavy atom. The van der Waals surface area contributed by atoms with Gasteiger partial charge in [-0.05, 0) is 20.3 Å². The van der Waals surface area contributed by atoms with Crippen LogP contribution < -0.4 is 4.90 Å². The summed E-state index contributed by atoms with van der Waals surface area (Å²) in [6.45, 7) is 7.55. The second kappa shape index (κ2) is 5.63. The molecule has 1 fully saturated rings. The average molecular weight is 251 g/mol. The Morgan fingerprint density at radius 1 is 1.44 bits per heavy atom. The SMILES string of the molecule is CCc1cc(N2CC(C)OC(CO)C2)nc(C)n1. The van der Waals surface area contributed by atoms with Crippen LogP contribution >= 0.6 is 0 Å². The van der Waals surface area contributed by atoms with E-state index >= 15 is 0 Å². The number of anilines is 1. The molecule has 2 heterocycles. The zero-order valence-electron chi connectivity index (χ0n) is 11.3. The quantitative estimate of drug-likeness (QED) is 0.866. The summed E-state index contributed by atoms with van der Waals surface area (Å²) in [5.41, 5.74) is 1.05. The van der Waals surface area contributed by atoms with Crippen LogP contribution in [-0.4, -0.2) is 47.0 Å². The van der Waals surface area contributed by atoms with E-state index in [4.69, 9.17) is 4.74 Å². The van der Waals surface area contributed by atoms with E-state index in [1.165, 1.54) is 0 Å². The smallest absolute Gasteiger partial charge is 0.132 e. The predicted octanol–water partition coefficient (Wildman–Crippen LogP) is 0.933. The van der Waals surface area contributed by atoms with Gasteiger partial charge in [0.25, 0.3) is 0 Å². The lowest BCUT2D eigenvalue weighted by molar-refractivity contribution is -0.0423. The number of ether oxygens (including phenoxy) is 1. The molecule has 1 N–H and O–H groups in total. The van der Waals surface area contributed by atoms with Crippen LogP contribution in [0.1, 0.15) is 25.4 Å². The van der Waals surface area contributed by atoms with Crippen LogP contribution in [0.25, 0.3) is 0 Å². The molecule has 5 heteroatoms. The molecule has 1 aromatic heterocycles. The predicted molar refractivity (Wildman–Crippen MR) is 69.8 cm³/mol. The Balaban J connectivity index is 2.21. The number of nitrogens with zero attached hydrogens (tertiary/aromatic N) is 3. The maximum absolute atomic E-state index is 9.24. The molecule has 0 amide bonds. The summed E-state index contributed by atoms with van der Waals surface area (Å²) in [5.74, 6) is 1.73. The molecule has 2 atom stereocenters. The fourth-order valence-corrected chi connectivity index (χ4v) is 2.29. The molecule has 0 spiro atoms. The minimum Gasteiger partial charge on any atom is -0.394 e. The van der Waals surface area contributed by atoms with Gasteiger partial charge in [0.15, 0.2) is 0 Å². The highest BCUT2D eigenvalue weighted by atomic mass is 16.5. The lowest BCUT2D eigenvalue weighted by Crippen LogP contribution is -2.48. The first kappa shape index (κ1) is 13.2. The summed E-state index contributed by atoms with van der Waals surface area (Å²) >= 11 is 0. The van der Waals surface area contributed by atoms with Gasteiger partial charge < -0.3 is 14.7 Å². The maximum atomic E-state index is 9.24. The van der Waals surface area contributed by atoms with Gasteiger partial charge in [0.05, 0.1) is 18.8 Å². The third kappa shape index (κ3) is 2.97. The van der Waals surface area contributed by atoms with Crippen LogP contribution in [0.3, 0.4) is 0 Å². The number of morpholine rings is 1. The van der Waals surface area contributed by atoms with Gasteiger partial charge in [-0.3, -0.25) is 0 Å². The Morgan fingerprint density at radius 2 is 2.22 bits per heavy atom. The third-order valence-electron chi connectivity index (χ3n) is 3.09. The fraction of sp³-hybridized carbons (Fsp3) is 0.692. The van der Waals surface area contributed by atoms with Crippen LogP contribution in [0.4, 0.5) is 5.82 Å². The number of aryl methyl sites for hydroxylation is 2. The van der Waals surface area contributed by atoms with Crippen LogP contribution in [-0.2, 0) is 11.2 Å². The third-order valence-corrected chi connectivity index (χ3v) is 3.09. The Hall–Kier alpha value is -1.20. The number of aliphatic hydroxyl groups is 1. The van der Waals surface area contributed by atoms with Gasteiger partial charge in [0, 0.05) is 24.8 Å². The van der Waals surface area contributed by atoms with Gasteiger partial charge in [0.2, 0.25) is 0 Å². The zero-order chi connectivity index (χ0) is 13.1. The highest BCUT2D eigenvalue weighted by Gasteiger charge is 2.25. The molecule has 1 aliphatic heterocycles. The molecule has 2 unspecified atom stereocenters. The Labute approximate surface area is 108 Å². The molecule has 0 aromatic carbocycles. The van der Waals surface area contributed by atoms with Crippen molar-refractivity contribution in [1.82, 2.24) is 9.97 Å². The summed E-state index contributed by atoms with van der Waals surface area (Å²) in [7, 11) is 0. The van der Waals surface area contributed by atoms with Crippen LogP contribution in [0.5, 0.6) is 0 Å². The van der Waals surface area contributed by atoms with Crippen molar-refractivity contribution in [3.63, 3.8) is 0 Å². The first-order valence-corrected chi connectivity index (χ1v) is 6.48. The van der Waals surface area contributed by atoms with E-state index in [-0.39, 0.29) is 18.8 Å². The average Bonchev–Trinajstić information content (AvgIpc) is 2.37. The summed E-state index contributed by atoms with van der Waals surface area (Å²) in [4.78, 5) is 11.0. The number of aliphatic hydroxyl groups excluding tert-OH is 1. The Kier molecular flexibility index (Phi) is 4.14. The standard InChI is InChI=1S/C13H21N3O2/c1-4-11-5-13(15-10(3)14-11)16-6-9(2)18-12(7-16)8-17/h5,9,12,17H,4,6-8H2,1-3H3. The van der Waals surface area contributed by atoms with Crippen molar-refractivity contribution < 1.29 is 9.84 Å². The van der Waals surface area contributed by atoms with E-state index in [1.807, 2.05) is 19.9 Å². The van der Waals surface area contributed by atoms with Gasteiger partial charge in [-0.15, -0.1) is 0 Å². The first-order valence-electron chi connectivity index (χ1n) is 6.48. The summed E-state index contributed by atoms with van der Waals surface area (Å²) in [6.07, 6.45) is 0.880. The number of rotatable bonds is 3. The summed E-state index contributed by atoms with van der Waals surface area (Å²) < 4.78 is 5.64. The van der Waals surface area contributed by atoms with E-state index in [0.717, 1.165) is 30.3 Å². The molecule has 5 nitrogen and oxygen atoms in total. The van der Waals surface area contributed by atoms with Crippen molar-refractivity contribution >= 4 is 5.82 Å². The molecule has 1 aromatic rings. The molecular formula is C13H21N3O2. The summed E-state index contributed by atoms with van der Waals surface area (Å²) in [5, 5.41) is 9.24. The van der Waals surface area contributed by atoms with Gasteiger partial charge in [-0.2, -0.15) is 0 Å². The number of hydrogen-bond donors (Lipinski definition) is 1. The molecule has 2 rings (SSSR count). The Bertz CT molecular complexity index is 411. The van der Waals surface area contributed by atoms with Crippen LogP contribution in [0.15, 0.2) is 6.07 Å². The molecule has 1 saturated heterocycles. The fourth-order valence-electron chi connectivity index (χ4n) is 2.29. The molecule has 0 bridgehead atoms. The number of aromatic nitrogens is 2. The zero-order valence-corrected chi connectivity index (χ0v) is 11.3. The second-order valence-electron chi connectivity index (χ2n) is 4.77. The van der Waals surface area contributed by atoms with Gasteiger partial charge in [-0.25, -0.2) is 9.97 Å². The minimum atomic E-state index is -0.130. The van der Waals surface area contributed by atoms with E-state index in [2.05, 4.69) is 21.8 Å². The molecule has 1 aliphatic rings.